The highest BCUT2D eigenvalue weighted by Crippen LogP contribution is 2.39. The summed E-state index contributed by atoms with van der Waals surface area (Å²) < 4.78 is 14.7. The van der Waals surface area contributed by atoms with Crippen LogP contribution in [0.5, 0.6) is 0 Å². The topological polar surface area (TPSA) is 61.4 Å². The molecular weight excluding hydrogens is 345 g/mol. The molecule has 1 aromatic rings. The molecule has 2 amide bonds. The summed E-state index contributed by atoms with van der Waals surface area (Å²) in [4.78, 5) is 25.7. The summed E-state index contributed by atoms with van der Waals surface area (Å²) in [6.45, 7) is 5.15. The van der Waals surface area contributed by atoms with E-state index in [2.05, 4.69) is 15.5 Å². The van der Waals surface area contributed by atoms with Crippen LogP contribution in [0, 0.1) is 11.2 Å². The zero-order valence-corrected chi connectivity index (χ0v) is 15.7. The van der Waals surface area contributed by atoms with Crippen molar-refractivity contribution in [3.05, 3.63) is 35.1 Å². The van der Waals surface area contributed by atoms with E-state index in [0.717, 1.165) is 38.3 Å². The molecule has 1 unspecified atom stereocenters. The van der Waals surface area contributed by atoms with E-state index in [1.165, 1.54) is 25.7 Å². The number of piperidine rings is 3. The van der Waals surface area contributed by atoms with Crippen molar-refractivity contribution in [2.24, 2.45) is 5.41 Å². The van der Waals surface area contributed by atoms with Crippen molar-refractivity contribution in [3.63, 3.8) is 0 Å². The minimum atomic E-state index is -0.563. The lowest BCUT2D eigenvalue weighted by molar-refractivity contribution is -0.134. The number of hydrogen-bond acceptors (Lipinski definition) is 4. The number of nitrogens with one attached hydrogen (secondary N) is 2. The second-order valence-corrected chi connectivity index (χ2v) is 8.39. The molecule has 146 valence electrons. The SMILES string of the molecule is O=C1CCC(c2ccc(CN3CCC4(CCNCC4)CC3)cc2F)C(=O)N1. The fraction of sp³-hybridized carbons (Fsp3) is 0.619. The maximum absolute atomic E-state index is 14.7. The smallest absolute Gasteiger partial charge is 0.234 e. The van der Waals surface area contributed by atoms with E-state index in [1.807, 2.05) is 6.07 Å². The van der Waals surface area contributed by atoms with Crippen LogP contribution in [0.1, 0.15) is 55.6 Å². The average Bonchev–Trinajstić information content (AvgIpc) is 2.66. The van der Waals surface area contributed by atoms with Crippen molar-refractivity contribution in [2.45, 2.75) is 51.0 Å². The second kappa shape index (κ2) is 7.68. The number of rotatable bonds is 3. The van der Waals surface area contributed by atoms with Crippen molar-refractivity contribution < 1.29 is 14.0 Å². The predicted molar refractivity (Wildman–Crippen MR) is 101 cm³/mol. The van der Waals surface area contributed by atoms with Crippen LogP contribution >= 0.6 is 0 Å². The van der Waals surface area contributed by atoms with Gasteiger partial charge in [-0.15, -0.1) is 0 Å². The number of likely N-dealkylation sites (tertiary alicyclic amines) is 1. The molecule has 6 heteroatoms. The molecule has 0 saturated carbocycles. The van der Waals surface area contributed by atoms with E-state index in [9.17, 15) is 14.0 Å². The summed E-state index contributed by atoms with van der Waals surface area (Å²) in [6.07, 6.45) is 5.65. The number of imide groups is 1. The number of benzene rings is 1. The summed E-state index contributed by atoms with van der Waals surface area (Å²) in [6, 6.07) is 5.22. The van der Waals surface area contributed by atoms with Gasteiger partial charge in [0.2, 0.25) is 11.8 Å². The van der Waals surface area contributed by atoms with E-state index in [1.54, 1.807) is 12.1 Å². The van der Waals surface area contributed by atoms with Crippen LogP contribution in [0.2, 0.25) is 0 Å². The monoisotopic (exact) mass is 373 g/mol. The maximum Gasteiger partial charge on any atom is 0.234 e. The Morgan fingerprint density at radius 3 is 2.52 bits per heavy atom. The molecular formula is C21H28FN3O2. The van der Waals surface area contributed by atoms with Gasteiger partial charge in [-0.1, -0.05) is 12.1 Å². The third kappa shape index (κ3) is 4.06. The molecule has 2 N–H and O–H groups in total. The maximum atomic E-state index is 14.7. The van der Waals surface area contributed by atoms with E-state index >= 15 is 0 Å². The van der Waals surface area contributed by atoms with Gasteiger partial charge in [-0.3, -0.25) is 19.8 Å². The Bertz CT molecular complexity index is 720. The number of hydrogen-bond donors (Lipinski definition) is 2. The number of halogens is 1. The summed E-state index contributed by atoms with van der Waals surface area (Å²) in [5, 5.41) is 5.76. The quantitative estimate of drug-likeness (QED) is 0.799. The van der Waals surface area contributed by atoms with Gasteiger partial charge in [-0.2, -0.15) is 0 Å². The zero-order valence-electron chi connectivity index (χ0n) is 15.7. The Hall–Kier alpha value is -1.79. The highest BCUT2D eigenvalue weighted by atomic mass is 19.1. The first-order chi connectivity index (χ1) is 13.0. The zero-order chi connectivity index (χ0) is 18.9. The lowest BCUT2D eigenvalue weighted by Gasteiger charge is -2.44. The Kier molecular flexibility index (Phi) is 5.28. The number of amides is 2. The Morgan fingerprint density at radius 2 is 1.85 bits per heavy atom. The van der Waals surface area contributed by atoms with Gasteiger partial charge in [0.1, 0.15) is 5.82 Å². The molecule has 3 fully saturated rings. The van der Waals surface area contributed by atoms with E-state index < -0.39 is 5.92 Å². The Labute approximate surface area is 159 Å². The normalized spacial score (nSPS) is 26.2. The molecule has 3 heterocycles. The van der Waals surface area contributed by atoms with Crippen molar-refractivity contribution in [2.75, 3.05) is 26.2 Å². The third-order valence-electron chi connectivity index (χ3n) is 6.67. The van der Waals surface area contributed by atoms with Gasteiger partial charge in [-0.25, -0.2) is 4.39 Å². The highest BCUT2D eigenvalue weighted by Gasteiger charge is 2.35. The molecule has 0 radical (unpaired) electrons. The molecule has 1 atom stereocenters. The lowest BCUT2D eigenvalue weighted by Crippen LogP contribution is -2.45. The molecule has 5 nitrogen and oxygen atoms in total. The van der Waals surface area contributed by atoms with Crippen LogP contribution in [-0.2, 0) is 16.1 Å². The van der Waals surface area contributed by atoms with E-state index in [-0.39, 0.29) is 24.1 Å². The van der Waals surface area contributed by atoms with E-state index in [4.69, 9.17) is 0 Å². The van der Waals surface area contributed by atoms with Crippen molar-refractivity contribution in [3.8, 4) is 0 Å². The summed E-state index contributed by atoms with van der Waals surface area (Å²) in [5.74, 6) is -1.56. The molecule has 1 aromatic carbocycles. The summed E-state index contributed by atoms with van der Waals surface area (Å²) in [5.41, 5.74) is 1.86. The van der Waals surface area contributed by atoms with Gasteiger partial charge in [0, 0.05) is 18.5 Å². The molecule has 4 rings (SSSR count). The standard InChI is InChI=1S/C21H28FN3O2/c22-18-13-15(1-2-16(18)17-3-4-19(26)24-20(17)27)14-25-11-7-21(8-12-25)5-9-23-10-6-21/h1-2,13,17,23H,3-12,14H2,(H,24,26,27). The van der Waals surface area contributed by atoms with Gasteiger partial charge in [0.25, 0.3) is 0 Å². The summed E-state index contributed by atoms with van der Waals surface area (Å²) >= 11 is 0. The Balaban J connectivity index is 1.37. The molecule has 0 aliphatic carbocycles. The molecule has 27 heavy (non-hydrogen) atoms. The van der Waals surface area contributed by atoms with Crippen LogP contribution < -0.4 is 10.6 Å². The van der Waals surface area contributed by atoms with Crippen molar-refractivity contribution >= 4 is 11.8 Å². The van der Waals surface area contributed by atoms with Crippen LogP contribution in [0.25, 0.3) is 0 Å². The number of nitrogens with zero attached hydrogens (tertiary/aromatic N) is 1. The van der Waals surface area contributed by atoms with Crippen LogP contribution in [0.4, 0.5) is 4.39 Å². The molecule has 3 aliphatic rings. The molecule has 3 saturated heterocycles. The number of carbonyl (C=O) groups is 2. The van der Waals surface area contributed by atoms with Gasteiger partial charge >= 0.3 is 0 Å². The van der Waals surface area contributed by atoms with Crippen LogP contribution in [0.15, 0.2) is 18.2 Å². The van der Waals surface area contributed by atoms with Gasteiger partial charge in [-0.05, 0) is 75.3 Å². The second-order valence-electron chi connectivity index (χ2n) is 8.39. The highest BCUT2D eigenvalue weighted by molar-refractivity contribution is 6.00. The molecule has 0 bridgehead atoms. The lowest BCUT2D eigenvalue weighted by atomic mass is 9.71. The van der Waals surface area contributed by atoms with Gasteiger partial charge in [0.15, 0.2) is 0 Å². The molecule has 1 spiro atoms. The minimum absolute atomic E-state index is 0.267. The van der Waals surface area contributed by atoms with Gasteiger partial charge < -0.3 is 5.32 Å². The fourth-order valence-electron chi connectivity index (χ4n) is 4.84. The largest absolute Gasteiger partial charge is 0.317 e. The summed E-state index contributed by atoms with van der Waals surface area (Å²) in [7, 11) is 0. The van der Waals surface area contributed by atoms with Crippen LogP contribution in [-0.4, -0.2) is 42.9 Å². The molecule has 0 aromatic heterocycles. The average molecular weight is 373 g/mol. The first kappa shape index (κ1) is 18.6. The predicted octanol–water partition coefficient (Wildman–Crippen LogP) is 2.31. The first-order valence-electron chi connectivity index (χ1n) is 10.1. The van der Waals surface area contributed by atoms with Crippen LogP contribution in [0.3, 0.4) is 0 Å². The third-order valence-corrected chi connectivity index (χ3v) is 6.67. The van der Waals surface area contributed by atoms with Crippen molar-refractivity contribution in [1.29, 1.82) is 0 Å². The Morgan fingerprint density at radius 1 is 1.11 bits per heavy atom. The minimum Gasteiger partial charge on any atom is -0.317 e. The number of carbonyl (C=O) groups excluding carboxylic acids is 2. The van der Waals surface area contributed by atoms with E-state index in [0.29, 0.717) is 17.4 Å². The fourth-order valence-corrected chi connectivity index (χ4v) is 4.84. The van der Waals surface area contributed by atoms with Gasteiger partial charge in [0.05, 0.1) is 5.92 Å². The van der Waals surface area contributed by atoms with Crippen molar-refractivity contribution in [1.82, 2.24) is 15.5 Å². The molecule has 3 aliphatic heterocycles. The first-order valence-corrected chi connectivity index (χ1v) is 10.1.